The molecule has 4 fully saturated rings. The molecule has 2 aromatic rings. The maximum atomic E-state index is 13.7. The van der Waals surface area contributed by atoms with Crippen LogP contribution in [0.15, 0.2) is 42.5 Å². The number of nitrogens with one attached hydrogen (secondary N) is 1. The topological polar surface area (TPSA) is 29.1 Å². The summed E-state index contributed by atoms with van der Waals surface area (Å²) >= 11 is 0. The number of carbonyl (C=O) groups excluding carboxylic acids is 1. The third-order valence-electron chi connectivity index (χ3n) is 6.82. The Balaban J connectivity index is 1.45. The van der Waals surface area contributed by atoms with Gasteiger partial charge in [-0.05, 0) is 85.6 Å². The third-order valence-corrected chi connectivity index (χ3v) is 6.82. The fraction of sp³-hybridized carbons (Fsp3) is 0.435. The van der Waals surface area contributed by atoms with Crippen molar-refractivity contribution in [3.8, 4) is 11.1 Å². The summed E-state index contributed by atoms with van der Waals surface area (Å²) in [5.74, 6) is 0.365. The lowest BCUT2D eigenvalue weighted by molar-refractivity contribution is -0.0166. The Morgan fingerprint density at radius 3 is 2.15 bits per heavy atom. The second-order valence-electron chi connectivity index (χ2n) is 8.83. The molecule has 0 atom stereocenters. The van der Waals surface area contributed by atoms with Crippen LogP contribution in [0.25, 0.3) is 11.1 Å². The van der Waals surface area contributed by atoms with Gasteiger partial charge in [-0.25, -0.2) is 8.78 Å². The smallest absolute Gasteiger partial charge is 0.252 e. The molecule has 2 aromatic carbocycles. The zero-order chi connectivity index (χ0) is 18.6. The first-order valence-corrected chi connectivity index (χ1v) is 9.88. The quantitative estimate of drug-likeness (QED) is 0.780. The molecule has 0 aliphatic heterocycles. The van der Waals surface area contributed by atoms with Gasteiger partial charge in [0.05, 0.1) is 0 Å². The molecular formula is C23H23F2NO. The van der Waals surface area contributed by atoms with Crippen molar-refractivity contribution in [1.82, 2.24) is 5.32 Å². The van der Waals surface area contributed by atoms with Gasteiger partial charge in [0.15, 0.2) is 11.6 Å². The molecule has 0 unspecified atom stereocenters. The standard InChI is InChI=1S/C23H23F2NO/c24-20-6-5-17(10-21(20)25)18-3-1-2-4-19(18)22(27)26-23-11-14-7-15(12-23)9-16(8-14)13-23/h1-6,10,14-16H,7-9,11-13H2,(H,26,27). The van der Waals surface area contributed by atoms with Crippen molar-refractivity contribution in [3.63, 3.8) is 0 Å². The van der Waals surface area contributed by atoms with E-state index in [0.29, 0.717) is 16.7 Å². The molecule has 27 heavy (non-hydrogen) atoms. The number of halogens is 2. The van der Waals surface area contributed by atoms with Gasteiger partial charge in [0.2, 0.25) is 0 Å². The van der Waals surface area contributed by atoms with Crippen LogP contribution in [0.4, 0.5) is 8.78 Å². The van der Waals surface area contributed by atoms with Crippen molar-refractivity contribution in [2.45, 2.75) is 44.1 Å². The number of rotatable bonds is 3. The van der Waals surface area contributed by atoms with Crippen LogP contribution in [0.5, 0.6) is 0 Å². The molecule has 4 saturated carbocycles. The second-order valence-corrected chi connectivity index (χ2v) is 8.83. The van der Waals surface area contributed by atoms with Gasteiger partial charge in [0.1, 0.15) is 0 Å². The summed E-state index contributed by atoms with van der Waals surface area (Å²) in [5, 5.41) is 3.37. The fourth-order valence-electron chi connectivity index (χ4n) is 6.17. The number of amides is 1. The van der Waals surface area contributed by atoms with E-state index in [4.69, 9.17) is 0 Å². The van der Waals surface area contributed by atoms with Crippen molar-refractivity contribution < 1.29 is 13.6 Å². The van der Waals surface area contributed by atoms with E-state index in [1.807, 2.05) is 12.1 Å². The van der Waals surface area contributed by atoms with Gasteiger partial charge in [0, 0.05) is 11.1 Å². The summed E-state index contributed by atoms with van der Waals surface area (Å²) in [6, 6.07) is 11.0. The molecule has 0 spiro atoms. The Kier molecular flexibility index (Phi) is 3.85. The number of hydrogen-bond acceptors (Lipinski definition) is 1. The molecule has 4 aliphatic carbocycles. The predicted octanol–water partition coefficient (Wildman–Crippen LogP) is 5.33. The van der Waals surface area contributed by atoms with Gasteiger partial charge in [0.25, 0.3) is 5.91 Å². The molecule has 2 nitrogen and oxygen atoms in total. The average Bonchev–Trinajstić information content (AvgIpc) is 2.62. The maximum absolute atomic E-state index is 13.7. The summed E-state index contributed by atoms with van der Waals surface area (Å²) in [7, 11) is 0. The molecule has 0 heterocycles. The monoisotopic (exact) mass is 367 g/mol. The lowest BCUT2D eigenvalue weighted by atomic mass is 9.53. The van der Waals surface area contributed by atoms with Crippen LogP contribution in [0, 0.1) is 29.4 Å². The summed E-state index contributed by atoms with van der Waals surface area (Å²) in [6.45, 7) is 0. The normalized spacial score (nSPS) is 31.1. The molecule has 1 N–H and O–H groups in total. The summed E-state index contributed by atoms with van der Waals surface area (Å²) in [5.41, 5.74) is 1.61. The molecule has 4 aliphatic rings. The number of hydrogen-bond donors (Lipinski definition) is 1. The highest BCUT2D eigenvalue weighted by Crippen LogP contribution is 2.55. The van der Waals surface area contributed by atoms with Gasteiger partial charge in [-0.2, -0.15) is 0 Å². The predicted molar refractivity (Wildman–Crippen MR) is 100 cm³/mol. The zero-order valence-corrected chi connectivity index (χ0v) is 15.2. The van der Waals surface area contributed by atoms with E-state index in [9.17, 15) is 13.6 Å². The summed E-state index contributed by atoms with van der Waals surface area (Å²) in [4.78, 5) is 13.2. The van der Waals surface area contributed by atoms with Crippen molar-refractivity contribution in [1.29, 1.82) is 0 Å². The van der Waals surface area contributed by atoms with E-state index in [-0.39, 0.29) is 11.4 Å². The highest BCUT2D eigenvalue weighted by atomic mass is 19.2. The van der Waals surface area contributed by atoms with E-state index in [2.05, 4.69) is 5.32 Å². The van der Waals surface area contributed by atoms with Gasteiger partial charge < -0.3 is 5.32 Å². The van der Waals surface area contributed by atoms with Crippen LogP contribution in [-0.4, -0.2) is 11.4 Å². The van der Waals surface area contributed by atoms with E-state index in [1.165, 1.54) is 25.3 Å². The van der Waals surface area contributed by atoms with Crippen LogP contribution < -0.4 is 5.32 Å². The summed E-state index contributed by atoms with van der Waals surface area (Å²) < 4.78 is 27.0. The molecule has 140 valence electrons. The van der Waals surface area contributed by atoms with E-state index in [0.717, 1.165) is 49.1 Å². The molecule has 0 saturated heterocycles. The minimum Gasteiger partial charge on any atom is -0.347 e. The molecular weight excluding hydrogens is 344 g/mol. The maximum Gasteiger partial charge on any atom is 0.252 e. The van der Waals surface area contributed by atoms with Crippen LogP contribution in [0.3, 0.4) is 0 Å². The second kappa shape index (κ2) is 6.15. The van der Waals surface area contributed by atoms with Crippen LogP contribution >= 0.6 is 0 Å². The van der Waals surface area contributed by atoms with E-state index < -0.39 is 11.6 Å². The SMILES string of the molecule is O=C(NC12CC3CC(CC(C3)C1)C2)c1ccccc1-c1ccc(F)c(F)c1. The minimum absolute atomic E-state index is 0.0764. The Bertz CT molecular complexity index is 872. The fourth-order valence-corrected chi connectivity index (χ4v) is 6.17. The van der Waals surface area contributed by atoms with Crippen molar-refractivity contribution in [2.75, 3.05) is 0 Å². The highest BCUT2D eigenvalue weighted by molar-refractivity contribution is 6.01. The van der Waals surface area contributed by atoms with Crippen LogP contribution in [0.1, 0.15) is 48.9 Å². The average molecular weight is 367 g/mol. The Hall–Kier alpha value is -2.23. The minimum atomic E-state index is -0.899. The van der Waals surface area contributed by atoms with Gasteiger partial charge in [-0.15, -0.1) is 0 Å². The third kappa shape index (κ3) is 2.95. The molecule has 4 heteroatoms. The van der Waals surface area contributed by atoms with Crippen LogP contribution in [0.2, 0.25) is 0 Å². The lowest BCUT2D eigenvalue weighted by Gasteiger charge is -2.56. The summed E-state index contributed by atoms with van der Waals surface area (Å²) in [6.07, 6.45) is 7.20. The molecule has 0 aromatic heterocycles. The molecule has 4 bridgehead atoms. The first-order chi connectivity index (χ1) is 13.0. The number of benzene rings is 2. The van der Waals surface area contributed by atoms with Gasteiger partial charge in [-0.3, -0.25) is 4.79 Å². The lowest BCUT2D eigenvalue weighted by Crippen LogP contribution is -2.59. The van der Waals surface area contributed by atoms with Gasteiger partial charge >= 0.3 is 0 Å². The molecule has 1 amide bonds. The van der Waals surface area contributed by atoms with Crippen molar-refractivity contribution >= 4 is 5.91 Å². The van der Waals surface area contributed by atoms with Gasteiger partial charge in [-0.1, -0.05) is 24.3 Å². The Morgan fingerprint density at radius 2 is 1.52 bits per heavy atom. The van der Waals surface area contributed by atoms with Crippen molar-refractivity contribution in [2.24, 2.45) is 17.8 Å². The van der Waals surface area contributed by atoms with Crippen LogP contribution in [-0.2, 0) is 0 Å². The Labute approximate surface area is 158 Å². The first kappa shape index (κ1) is 16.9. The Morgan fingerprint density at radius 1 is 0.889 bits per heavy atom. The van der Waals surface area contributed by atoms with Crippen molar-refractivity contribution in [3.05, 3.63) is 59.7 Å². The zero-order valence-electron chi connectivity index (χ0n) is 15.2. The molecule has 0 radical (unpaired) electrons. The number of carbonyl (C=O) groups is 1. The first-order valence-electron chi connectivity index (χ1n) is 9.88. The largest absolute Gasteiger partial charge is 0.347 e. The van der Waals surface area contributed by atoms with E-state index in [1.54, 1.807) is 12.1 Å². The molecule has 6 rings (SSSR count). The van der Waals surface area contributed by atoms with E-state index >= 15 is 0 Å². The highest BCUT2D eigenvalue weighted by Gasteiger charge is 2.51.